The van der Waals surface area contributed by atoms with Gasteiger partial charge < -0.3 is 5.73 Å². The van der Waals surface area contributed by atoms with E-state index >= 15 is 0 Å². The lowest BCUT2D eigenvalue weighted by Crippen LogP contribution is -2.28. The fraction of sp³-hybridized carbons (Fsp3) is 0.286. The lowest BCUT2D eigenvalue weighted by atomic mass is 10.1. The van der Waals surface area contributed by atoms with Gasteiger partial charge in [-0.25, -0.2) is 4.98 Å². The molecule has 0 bridgehead atoms. The van der Waals surface area contributed by atoms with Gasteiger partial charge in [0.2, 0.25) is 5.65 Å². The fourth-order valence-electron chi connectivity index (χ4n) is 1.12. The Morgan fingerprint density at radius 3 is 2.73 bits per heavy atom. The van der Waals surface area contributed by atoms with Gasteiger partial charge in [-0.15, -0.1) is 5.10 Å². The van der Waals surface area contributed by atoms with Crippen LogP contribution in [0, 0.1) is 0 Å². The van der Waals surface area contributed by atoms with Gasteiger partial charge in [-0.1, -0.05) is 0 Å². The SMILES string of the molecule is NC(c1cnc2n[nH]nc2c1)C(F)(F)F. The lowest BCUT2D eigenvalue weighted by Gasteiger charge is -2.14. The molecule has 80 valence electrons. The largest absolute Gasteiger partial charge is 0.407 e. The van der Waals surface area contributed by atoms with Crippen LogP contribution in [0.3, 0.4) is 0 Å². The van der Waals surface area contributed by atoms with E-state index in [1.165, 1.54) is 6.07 Å². The molecule has 2 aromatic rings. The summed E-state index contributed by atoms with van der Waals surface area (Å²) < 4.78 is 36.8. The zero-order valence-corrected chi connectivity index (χ0v) is 7.28. The molecular formula is C7H6F3N5. The molecule has 0 aliphatic carbocycles. The van der Waals surface area contributed by atoms with Gasteiger partial charge in [-0.05, 0) is 11.6 Å². The third-order valence-corrected chi connectivity index (χ3v) is 1.91. The number of nitrogens with one attached hydrogen (secondary N) is 1. The van der Waals surface area contributed by atoms with Crippen molar-refractivity contribution in [2.75, 3.05) is 0 Å². The molecule has 8 heteroatoms. The van der Waals surface area contributed by atoms with E-state index in [1.807, 2.05) is 0 Å². The van der Waals surface area contributed by atoms with Gasteiger partial charge in [0.25, 0.3) is 0 Å². The van der Waals surface area contributed by atoms with Crippen LogP contribution in [0.25, 0.3) is 11.2 Å². The predicted molar refractivity (Wildman–Crippen MR) is 44.7 cm³/mol. The number of nitrogens with zero attached hydrogens (tertiary/aromatic N) is 3. The molecule has 0 spiro atoms. The quantitative estimate of drug-likeness (QED) is 0.744. The maximum atomic E-state index is 12.3. The maximum Gasteiger partial charge on any atom is 0.407 e. The minimum atomic E-state index is -4.49. The Labute approximate surface area is 81.5 Å². The Balaban J connectivity index is 2.44. The first-order chi connectivity index (χ1) is 6.98. The molecule has 0 saturated heterocycles. The number of hydrogen-bond donors (Lipinski definition) is 2. The van der Waals surface area contributed by atoms with Crippen molar-refractivity contribution < 1.29 is 13.2 Å². The highest BCUT2D eigenvalue weighted by atomic mass is 19.4. The molecule has 0 aliphatic heterocycles. The summed E-state index contributed by atoms with van der Waals surface area (Å²) in [5, 5.41) is 9.49. The second kappa shape index (κ2) is 3.16. The molecule has 1 atom stereocenters. The van der Waals surface area contributed by atoms with E-state index < -0.39 is 12.2 Å². The Hall–Kier alpha value is -1.70. The van der Waals surface area contributed by atoms with Crippen molar-refractivity contribution >= 4 is 11.2 Å². The first-order valence-electron chi connectivity index (χ1n) is 3.97. The van der Waals surface area contributed by atoms with Crippen molar-refractivity contribution in [2.24, 2.45) is 5.73 Å². The van der Waals surface area contributed by atoms with E-state index in [2.05, 4.69) is 20.4 Å². The third kappa shape index (κ3) is 1.75. The second-order valence-corrected chi connectivity index (χ2v) is 2.95. The molecule has 0 amide bonds. The summed E-state index contributed by atoms with van der Waals surface area (Å²) >= 11 is 0. The van der Waals surface area contributed by atoms with Crippen LogP contribution in [0.5, 0.6) is 0 Å². The van der Waals surface area contributed by atoms with Gasteiger partial charge in [0, 0.05) is 6.20 Å². The summed E-state index contributed by atoms with van der Waals surface area (Å²) in [6.45, 7) is 0. The predicted octanol–water partition coefficient (Wildman–Crippen LogP) is 0.915. The number of nitrogens with two attached hydrogens (primary N) is 1. The Kier molecular flexibility index (Phi) is 2.07. The van der Waals surface area contributed by atoms with E-state index in [4.69, 9.17) is 5.73 Å². The Bertz CT molecular complexity index is 477. The number of halogens is 3. The van der Waals surface area contributed by atoms with Gasteiger partial charge in [-0.2, -0.15) is 23.5 Å². The maximum absolute atomic E-state index is 12.3. The number of H-pyrrole nitrogens is 1. The van der Waals surface area contributed by atoms with Crippen molar-refractivity contribution in [3.63, 3.8) is 0 Å². The number of aromatic amines is 1. The number of hydrogen-bond acceptors (Lipinski definition) is 4. The topological polar surface area (TPSA) is 80.5 Å². The molecule has 0 aliphatic rings. The zero-order valence-electron chi connectivity index (χ0n) is 7.28. The van der Waals surface area contributed by atoms with Gasteiger partial charge in [-0.3, -0.25) is 0 Å². The first kappa shape index (κ1) is 9.84. The zero-order chi connectivity index (χ0) is 11.1. The minimum Gasteiger partial charge on any atom is -0.316 e. The van der Waals surface area contributed by atoms with Crippen LogP contribution in [0.4, 0.5) is 13.2 Å². The van der Waals surface area contributed by atoms with Gasteiger partial charge in [0.05, 0.1) is 0 Å². The monoisotopic (exact) mass is 217 g/mol. The normalized spacial score (nSPS) is 14.4. The van der Waals surface area contributed by atoms with E-state index in [0.717, 1.165) is 6.20 Å². The lowest BCUT2D eigenvalue weighted by molar-refractivity contribution is -0.149. The summed E-state index contributed by atoms with van der Waals surface area (Å²) in [6.07, 6.45) is -3.44. The molecule has 0 fully saturated rings. The Morgan fingerprint density at radius 2 is 2.07 bits per heavy atom. The number of rotatable bonds is 1. The van der Waals surface area contributed by atoms with Gasteiger partial charge >= 0.3 is 6.18 Å². The van der Waals surface area contributed by atoms with E-state index in [-0.39, 0.29) is 16.7 Å². The molecule has 0 saturated carbocycles. The van der Waals surface area contributed by atoms with Crippen molar-refractivity contribution in [3.8, 4) is 0 Å². The van der Waals surface area contributed by atoms with E-state index in [0.29, 0.717) is 0 Å². The average Bonchev–Trinajstić information content (AvgIpc) is 2.61. The molecule has 2 heterocycles. The fourth-order valence-corrected chi connectivity index (χ4v) is 1.12. The summed E-state index contributed by atoms with van der Waals surface area (Å²) in [5.74, 6) is 0. The number of fused-ring (bicyclic) bond motifs is 1. The van der Waals surface area contributed by atoms with Gasteiger partial charge in [0.15, 0.2) is 0 Å². The molecular weight excluding hydrogens is 211 g/mol. The number of alkyl halides is 3. The van der Waals surface area contributed by atoms with Crippen molar-refractivity contribution in [1.29, 1.82) is 0 Å². The first-order valence-corrected chi connectivity index (χ1v) is 3.97. The molecule has 2 rings (SSSR count). The number of pyridine rings is 1. The molecule has 5 nitrogen and oxygen atoms in total. The number of aromatic nitrogens is 4. The van der Waals surface area contributed by atoms with E-state index in [9.17, 15) is 13.2 Å². The summed E-state index contributed by atoms with van der Waals surface area (Å²) in [7, 11) is 0. The summed E-state index contributed by atoms with van der Waals surface area (Å²) in [5.41, 5.74) is 5.39. The van der Waals surface area contributed by atoms with Crippen LogP contribution in [0.15, 0.2) is 12.3 Å². The van der Waals surface area contributed by atoms with Crippen LogP contribution in [0.1, 0.15) is 11.6 Å². The van der Waals surface area contributed by atoms with Crippen molar-refractivity contribution in [1.82, 2.24) is 20.4 Å². The second-order valence-electron chi connectivity index (χ2n) is 2.95. The highest BCUT2D eigenvalue weighted by Crippen LogP contribution is 2.30. The van der Waals surface area contributed by atoms with Crippen LogP contribution in [-0.2, 0) is 0 Å². The third-order valence-electron chi connectivity index (χ3n) is 1.91. The molecule has 15 heavy (non-hydrogen) atoms. The summed E-state index contributed by atoms with van der Waals surface area (Å²) in [6, 6.07) is -0.838. The van der Waals surface area contributed by atoms with E-state index in [1.54, 1.807) is 0 Å². The van der Waals surface area contributed by atoms with Crippen molar-refractivity contribution in [2.45, 2.75) is 12.2 Å². The van der Waals surface area contributed by atoms with Gasteiger partial charge in [0.1, 0.15) is 11.6 Å². The standard InChI is InChI=1S/C7H6F3N5/c8-7(9,10)5(11)3-1-4-6(12-2-3)14-15-13-4/h1-2,5H,11H2,(H,12,13,14,15). The van der Waals surface area contributed by atoms with Crippen LogP contribution in [-0.4, -0.2) is 26.6 Å². The highest BCUT2D eigenvalue weighted by molar-refractivity contribution is 5.69. The highest BCUT2D eigenvalue weighted by Gasteiger charge is 2.38. The minimum absolute atomic E-state index is 0.135. The molecule has 2 aromatic heterocycles. The Morgan fingerprint density at radius 1 is 1.33 bits per heavy atom. The van der Waals surface area contributed by atoms with Crippen LogP contribution < -0.4 is 5.73 Å². The molecule has 0 aromatic carbocycles. The van der Waals surface area contributed by atoms with Crippen LogP contribution in [0.2, 0.25) is 0 Å². The average molecular weight is 217 g/mol. The smallest absolute Gasteiger partial charge is 0.316 e. The van der Waals surface area contributed by atoms with Crippen molar-refractivity contribution in [3.05, 3.63) is 17.8 Å². The summed E-state index contributed by atoms with van der Waals surface area (Å²) in [4.78, 5) is 3.69. The molecule has 1 unspecified atom stereocenters. The molecule has 0 radical (unpaired) electrons. The van der Waals surface area contributed by atoms with Crippen LogP contribution >= 0.6 is 0 Å². The molecule has 3 N–H and O–H groups in total.